The van der Waals surface area contributed by atoms with Crippen LogP contribution in [0.25, 0.3) is 10.9 Å². The van der Waals surface area contributed by atoms with Crippen LogP contribution in [0.4, 0.5) is 11.5 Å². The Balaban J connectivity index is 0.931. The molecule has 1 aromatic heterocycles. The maximum atomic E-state index is 12.6. The zero-order valence-electron chi connectivity index (χ0n) is 24.8. The zero-order valence-corrected chi connectivity index (χ0v) is 24.8. The highest BCUT2D eigenvalue weighted by Gasteiger charge is 2.22. The van der Waals surface area contributed by atoms with Gasteiger partial charge in [-0.3, -0.25) is 14.5 Å². The van der Waals surface area contributed by atoms with Gasteiger partial charge in [0.25, 0.3) is 0 Å². The molecule has 2 N–H and O–H groups in total. The van der Waals surface area contributed by atoms with E-state index in [9.17, 15) is 9.59 Å². The van der Waals surface area contributed by atoms with Crippen LogP contribution in [0.15, 0.2) is 91.0 Å². The van der Waals surface area contributed by atoms with E-state index in [-0.39, 0.29) is 30.7 Å². The SMILES string of the molecule is O=C(CCC(=O)NC1CCN(Cc2ccccc2)CC1)Nc1ccc2nc(N3CCC(c4ccccc4)CC3)ccc2c1. The molecule has 0 bridgehead atoms. The number of pyridine rings is 1. The summed E-state index contributed by atoms with van der Waals surface area (Å²) in [4.78, 5) is 34.9. The second-order valence-electron chi connectivity index (χ2n) is 11.9. The number of carbonyl (C=O) groups excluding carboxylic acids is 2. The van der Waals surface area contributed by atoms with Crippen molar-refractivity contribution in [1.29, 1.82) is 0 Å². The Bertz CT molecular complexity index is 1510. The molecule has 3 heterocycles. The van der Waals surface area contributed by atoms with Gasteiger partial charge in [0.05, 0.1) is 5.52 Å². The van der Waals surface area contributed by atoms with Gasteiger partial charge in [-0.15, -0.1) is 0 Å². The van der Waals surface area contributed by atoms with Crippen LogP contribution < -0.4 is 15.5 Å². The molecule has 2 aliphatic rings. The Kier molecular flexibility index (Phi) is 9.28. The third-order valence-corrected chi connectivity index (χ3v) is 8.83. The summed E-state index contributed by atoms with van der Waals surface area (Å²) in [5, 5.41) is 7.07. The number of amides is 2. The maximum absolute atomic E-state index is 12.6. The minimum Gasteiger partial charge on any atom is -0.357 e. The van der Waals surface area contributed by atoms with Crippen LogP contribution in [0.3, 0.4) is 0 Å². The van der Waals surface area contributed by atoms with Crippen molar-refractivity contribution in [2.45, 2.75) is 57.0 Å². The molecule has 0 unspecified atom stereocenters. The van der Waals surface area contributed by atoms with E-state index in [1.807, 2.05) is 24.3 Å². The number of likely N-dealkylation sites (tertiary alicyclic amines) is 1. The molecule has 4 aromatic rings. The first-order valence-electron chi connectivity index (χ1n) is 15.7. The van der Waals surface area contributed by atoms with E-state index in [1.165, 1.54) is 11.1 Å². The number of hydrogen-bond donors (Lipinski definition) is 2. The Morgan fingerprint density at radius 1 is 0.744 bits per heavy atom. The Hall–Kier alpha value is -4.23. The van der Waals surface area contributed by atoms with Crippen LogP contribution in [0.5, 0.6) is 0 Å². The fourth-order valence-electron chi connectivity index (χ4n) is 6.36. The third kappa shape index (κ3) is 7.79. The van der Waals surface area contributed by atoms with E-state index in [0.29, 0.717) is 5.92 Å². The lowest BCUT2D eigenvalue weighted by atomic mass is 9.89. The summed E-state index contributed by atoms with van der Waals surface area (Å²) in [7, 11) is 0. The first-order chi connectivity index (χ1) is 21.1. The molecular weight excluding hydrogens is 534 g/mol. The van der Waals surface area contributed by atoms with Gasteiger partial charge in [-0.1, -0.05) is 60.7 Å². The molecule has 7 nitrogen and oxygen atoms in total. The molecule has 2 saturated heterocycles. The third-order valence-electron chi connectivity index (χ3n) is 8.83. The van der Waals surface area contributed by atoms with Gasteiger partial charge in [-0.2, -0.15) is 0 Å². The van der Waals surface area contributed by atoms with Crippen molar-refractivity contribution in [3.05, 3.63) is 102 Å². The summed E-state index contributed by atoms with van der Waals surface area (Å²) < 4.78 is 0. The number of piperidine rings is 2. The van der Waals surface area contributed by atoms with Gasteiger partial charge in [0.15, 0.2) is 0 Å². The fourth-order valence-corrected chi connectivity index (χ4v) is 6.36. The molecule has 2 amide bonds. The van der Waals surface area contributed by atoms with E-state index in [1.54, 1.807) is 0 Å². The maximum Gasteiger partial charge on any atom is 0.224 e. The number of nitrogens with zero attached hydrogens (tertiary/aromatic N) is 3. The molecule has 0 radical (unpaired) electrons. The molecular formula is C36H41N5O2. The van der Waals surface area contributed by atoms with Crippen molar-refractivity contribution in [2.24, 2.45) is 0 Å². The molecule has 222 valence electrons. The molecule has 43 heavy (non-hydrogen) atoms. The van der Waals surface area contributed by atoms with Crippen LogP contribution in [0, 0.1) is 0 Å². The van der Waals surface area contributed by atoms with Crippen molar-refractivity contribution in [1.82, 2.24) is 15.2 Å². The predicted molar refractivity (Wildman–Crippen MR) is 173 cm³/mol. The number of hydrogen-bond acceptors (Lipinski definition) is 5. The molecule has 0 spiro atoms. The van der Waals surface area contributed by atoms with Gasteiger partial charge in [0.1, 0.15) is 5.82 Å². The van der Waals surface area contributed by atoms with Gasteiger partial charge in [0, 0.05) is 62.7 Å². The Morgan fingerprint density at radius 3 is 2.19 bits per heavy atom. The van der Waals surface area contributed by atoms with Gasteiger partial charge >= 0.3 is 0 Å². The standard InChI is InChI=1S/C36H41N5O2/c42-35(37-31-19-21-40(22-20-31)26-27-7-3-1-4-8-27)15-16-36(43)38-32-12-13-33-30(25-32)11-14-34(39-33)41-23-17-29(18-24-41)28-9-5-2-6-10-28/h1-14,25,29,31H,15-24,26H2,(H,37,42)(H,38,43). The minimum atomic E-state index is -0.155. The second-order valence-corrected chi connectivity index (χ2v) is 11.9. The summed E-state index contributed by atoms with van der Waals surface area (Å²) in [6.45, 7) is 4.86. The Morgan fingerprint density at radius 2 is 1.44 bits per heavy atom. The lowest BCUT2D eigenvalue weighted by Crippen LogP contribution is -2.44. The molecule has 0 saturated carbocycles. The van der Waals surface area contributed by atoms with E-state index >= 15 is 0 Å². The molecule has 7 heteroatoms. The first-order valence-corrected chi connectivity index (χ1v) is 15.7. The summed E-state index contributed by atoms with van der Waals surface area (Å²) in [5.41, 5.74) is 4.38. The van der Waals surface area contributed by atoms with E-state index in [4.69, 9.17) is 4.98 Å². The van der Waals surface area contributed by atoms with Gasteiger partial charge in [-0.05, 0) is 73.1 Å². The summed E-state index contributed by atoms with van der Waals surface area (Å²) in [6.07, 6.45) is 4.47. The molecule has 0 atom stereocenters. The highest BCUT2D eigenvalue weighted by Crippen LogP contribution is 2.30. The first kappa shape index (κ1) is 28.9. The van der Waals surface area contributed by atoms with Crippen LogP contribution in [0.1, 0.15) is 55.6 Å². The number of rotatable bonds is 9. The summed E-state index contributed by atoms with van der Waals surface area (Å²) >= 11 is 0. The lowest BCUT2D eigenvalue weighted by Gasteiger charge is -2.33. The van der Waals surface area contributed by atoms with Crippen molar-refractivity contribution in [2.75, 3.05) is 36.4 Å². The van der Waals surface area contributed by atoms with Gasteiger partial charge in [-0.25, -0.2) is 4.98 Å². The van der Waals surface area contributed by atoms with E-state index in [0.717, 1.165) is 80.8 Å². The largest absolute Gasteiger partial charge is 0.357 e. The predicted octanol–water partition coefficient (Wildman–Crippen LogP) is 6.12. The van der Waals surface area contributed by atoms with Crippen molar-refractivity contribution < 1.29 is 9.59 Å². The number of anilines is 2. The summed E-state index contributed by atoms with van der Waals surface area (Å²) in [6, 6.07) is 31.4. The highest BCUT2D eigenvalue weighted by atomic mass is 16.2. The van der Waals surface area contributed by atoms with Gasteiger partial charge < -0.3 is 15.5 Å². The normalized spacial score (nSPS) is 16.7. The van der Waals surface area contributed by atoms with Gasteiger partial charge in [0.2, 0.25) is 11.8 Å². The van der Waals surface area contributed by atoms with Crippen molar-refractivity contribution in [3.8, 4) is 0 Å². The number of carbonyl (C=O) groups is 2. The second kappa shape index (κ2) is 13.8. The van der Waals surface area contributed by atoms with Crippen LogP contribution in [0.2, 0.25) is 0 Å². The van der Waals surface area contributed by atoms with Crippen molar-refractivity contribution >= 4 is 34.2 Å². The average molecular weight is 576 g/mol. The number of nitrogens with one attached hydrogen (secondary N) is 2. The quantitative estimate of drug-likeness (QED) is 0.252. The average Bonchev–Trinajstić information content (AvgIpc) is 3.05. The van der Waals surface area contributed by atoms with E-state index < -0.39 is 0 Å². The molecule has 2 aliphatic heterocycles. The van der Waals surface area contributed by atoms with Crippen LogP contribution >= 0.6 is 0 Å². The van der Waals surface area contributed by atoms with Crippen molar-refractivity contribution in [3.63, 3.8) is 0 Å². The molecule has 3 aromatic carbocycles. The molecule has 6 rings (SSSR count). The van der Waals surface area contributed by atoms with E-state index in [2.05, 4.69) is 87.2 Å². The zero-order chi connectivity index (χ0) is 29.4. The minimum absolute atomic E-state index is 0.0558. The van der Waals surface area contributed by atoms with Crippen LogP contribution in [-0.2, 0) is 16.1 Å². The topological polar surface area (TPSA) is 77.6 Å². The number of benzene rings is 3. The Labute approximate surface area is 254 Å². The highest BCUT2D eigenvalue weighted by molar-refractivity contribution is 5.95. The lowest BCUT2D eigenvalue weighted by molar-refractivity contribution is -0.125. The molecule has 0 aliphatic carbocycles. The smallest absolute Gasteiger partial charge is 0.224 e. The number of fused-ring (bicyclic) bond motifs is 1. The monoisotopic (exact) mass is 575 g/mol. The number of aromatic nitrogens is 1. The fraction of sp³-hybridized carbons (Fsp3) is 0.361. The van der Waals surface area contributed by atoms with Crippen LogP contribution in [-0.4, -0.2) is 53.9 Å². The molecule has 2 fully saturated rings. The summed E-state index contributed by atoms with van der Waals surface area (Å²) in [5.74, 6) is 1.40.